The van der Waals surface area contributed by atoms with Gasteiger partial charge in [0.25, 0.3) is 15.7 Å². The number of hydrogen-bond donors (Lipinski definition) is 1. The molecule has 0 aromatic heterocycles. The van der Waals surface area contributed by atoms with E-state index in [1.165, 1.54) is 48.5 Å². The van der Waals surface area contributed by atoms with Gasteiger partial charge in [-0.1, -0.05) is 30.3 Å². The molecular formula is C22H21N3O6S. The lowest BCUT2D eigenvalue weighted by Gasteiger charge is -2.24. The summed E-state index contributed by atoms with van der Waals surface area (Å²) in [4.78, 5) is 23.3. The van der Waals surface area contributed by atoms with Crippen LogP contribution in [-0.2, 0) is 14.8 Å². The minimum absolute atomic E-state index is 0.00683. The zero-order valence-electron chi connectivity index (χ0n) is 17.2. The topological polar surface area (TPSA) is 119 Å². The molecule has 10 heteroatoms. The third-order valence-electron chi connectivity index (χ3n) is 4.43. The van der Waals surface area contributed by atoms with Crippen molar-refractivity contribution in [2.75, 3.05) is 22.8 Å². The molecule has 3 aromatic rings. The Morgan fingerprint density at radius 1 is 1.00 bits per heavy atom. The van der Waals surface area contributed by atoms with Crippen molar-refractivity contribution in [3.63, 3.8) is 0 Å². The predicted molar refractivity (Wildman–Crippen MR) is 120 cm³/mol. The Morgan fingerprint density at radius 3 is 2.25 bits per heavy atom. The van der Waals surface area contributed by atoms with Crippen molar-refractivity contribution in [2.24, 2.45) is 0 Å². The number of nitro benzene ring substituents is 1. The van der Waals surface area contributed by atoms with E-state index < -0.39 is 27.4 Å². The number of sulfonamides is 1. The number of nitrogens with one attached hydrogen (secondary N) is 1. The number of rotatable bonds is 9. The van der Waals surface area contributed by atoms with Gasteiger partial charge in [0.2, 0.25) is 5.91 Å². The lowest BCUT2D eigenvalue weighted by atomic mass is 10.2. The molecule has 0 aliphatic carbocycles. The Morgan fingerprint density at radius 2 is 1.62 bits per heavy atom. The van der Waals surface area contributed by atoms with Crippen LogP contribution in [0.5, 0.6) is 5.75 Å². The number of anilines is 2. The van der Waals surface area contributed by atoms with Crippen LogP contribution in [0.2, 0.25) is 0 Å². The summed E-state index contributed by atoms with van der Waals surface area (Å²) in [5.41, 5.74) is -0.0688. The molecule has 0 aliphatic rings. The molecule has 166 valence electrons. The fourth-order valence-corrected chi connectivity index (χ4v) is 4.41. The van der Waals surface area contributed by atoms with Gasteiger partial charge in [0.05, 0.1) is 22.1 Å². The lowest BCUT2D eigenvalue weighted by molar-refractivity contribution is -0.383. The first-order valence-corrected chi connectivity index (χ1v) is 11.1. The number of carbonyl (C=O) groups excluding carboxylic acids is 1. The largest absolute Gasteiger partial charge is 0.494 e. The third-order valence-corrected chi connectivity index (χ3v) is 6.22. The molecule has 0 bridgehead atoms. The molecule has 1 N–H and O–H groups in total. The van der Waals surface area contributed by atoms with E-state index in [2.05, 4.69) is 5.32 Å². The zero-order chi connectivity index (χ0) is 23.1. The number of hydrogen-bond acceptors (Lipinski definition) is 6. The van der Waals surface area contributed by atoms with Gasteiger partial charge in [-0.05, 0) is 49.4 Å². The number of benzene rings is 3. The molecule has 1 amide bonds. The number of nitro groups is 1. The van der Waals surface area contributed by atoms with Crippen molar-refractivity contribution in [1.82, 2.24) is 0 Å². The summed E-state index contributed by atoms with van der Waals surface area (Å²) in [6, 6.07) is 19.6. The molecule has 0 aliphatic heterocycles. The molecule has 0 saturated heterocycles. The predicted octanol–water partition coefficient (Wildman–Crippen LogP) is 3.83. The first kappa shape index (κ1) is 22.8. The molecule has 0 saturated carbocycles. The second-order valence-electron chi connectivity index (χ2n) is 6.57. The molecule has 9 nitrogen and oxygen atoms in total. The van der Waals surface area contributed by atoms with Crippen LogP contribution in [0.4, 0.5) is 17.1 Å². The average Bonchev–Trinajstić information content (AvgIpc) is 2.79. The van der Waals surface area contributed by atoms with E-state index >= 15 is 0 Å². The highest BCUT2D eigenvalue weighted by Gasteiger charge is 2.28. The minimum Gasteiger partial charge on any atom is -0.494 e. The van der Waals surface area contributed by atoms with E-state index in [1.807, 2.05) is 6.92 Å². The SMILES string of the molecule is CCOc1ccc(N(CC(=O)Nc2ccccc2[N+](=O)[O-])S(=O)(=O)c2ccccc2)cc1. The van der Waals surface area contributed by atoms with E-state index in [1.54, 1.807) is 30.3 Å². The van der Waals surface area contributed by atoms with Crippen LogP contribution in [0, 0.1) is 10.1 Å². The quantitative estimate of drug-likeness (QED) is 0.387. The summed E-state index contributed by atoms with van der Waals surface area (Å²) in [7, 11) is -4.10. The highest BCUT2D eigenvalue weighted by Crippen LogP contribution is 2.27. The van der Waals surface area contributed by atoms with Crippen molar-refractivity contribution in [3.8, 4) is 5.75 Å². The molecular weight excluding hydrogens is 434 g/mol. The Balaban J connectivity index is 1.94. The van der Waals surface area contributed by atoms with Crippen molar-refractivity contribution in [1.29, 1.82) is 0 Å². The summed E-state index contributed by atoms with van der Waals surface area (Å²) in [6.45, 7) is 1.69. The molecule has 0 unspecified atom stereocenters. The van der Waals surface area contributed by atoms with Crippen molar-refractivity contribution in [3.05, 3.63) is 89.0 Å². The molecule has 3 rings (SSSR count). The van der Waals surface area contributed by atoms with Gasteiger partial charge >= 0.3 is 0 Å². The van der Waals surface area contributed by atoms with Crippen molar-refractivity contribution in [2.45, 2.75) is 11.8 Å². The number of ether oxygens (including phenoxy) is 1. The first-order chi connectivity index (χ1) is 15.3. The molecule has 0 heterocycles. The second-order valence-corrected chi connectivity index (χ2v) is 8.44. The number of amides is 1. The zero-order valence-corrected chi connectivity index (χ0v) is 18.0. The Hall–Kier alpha value is -3.92. The number of carbonyl (C=O) groups is 1. The van der Waals surface area contributed by atoms with E-state index in [-0.39, 0.29) is 22.0 Å². The standard InChI is InChI=1S/C22H21N3O6S/c1-2-31-18-14-12-17(13-15-18)24(32(29,30)19-8-4-3-5-9-19)16-22(26)23-20-10-6-7-11-21(20)25(27)28/h3-15H,2,16H2,1H3,(H,23,26). The number of para-hydroxylation sites is 2. The van der Waals surface area contributed by atoms with Crippen LogP contribution in [0.1, 0.15) is 6.92 Å². The Bertz CT molecular complexity index is 1200. The molecule has 0 fully saturated rings. The smallest absolute Gasteiger partial charge is 0.292 e. The Labute approximate surface area is 185 Å². The number of nitrogens with zero attached hydrogens (tertiary/aromatic N) is 2. The van der Waals surface area contributed by atoms with Crippen LogP contribution in [0.25, 0.3) is 0 Å². The van der Waals surface area contributed by atoms with Gasteiger partial charge in [-0.15, -0.1) is 0 Å². The molecule has 3 aromatic carbocycles. The van der Waals surface area contributed by atoms with Crippen LogP contribution in [0.3, 0.4) is 0 Å². The monoisotopic (exact) mass is 455 g/mol. The van der Waals surface area contributed by atoms with Crippen LogP contribution in [0.15, 0.2) is 83.8 Å². The van der Waals surface area contributed by atoms with Crippen LogP contribution < -0.4 is 14.4 Å². The fraction of sp³-hybridized carbons (Fsp3) is 0.136. The van der Waals surface area contributed by atoms with Crippen LogP contribution in [-0.4, -0.2) is 32.4 Å². The van der Waals surface area contributed by atoms with Gasteiger partial charge in [0, 0.05) is 6.07 Å². The van der Waals surface area contributed by atoms with E-state index in [9.17, 15) is 23.3 Å². The summed E-state index contributed by atoms with van der Waals surface area (Å²) in [5.74, 6) is -0.176. The molecule has 0 spiro atoms. The molecule has 0 atom stereocenters. The van der Waals surface area contributed by atoms with Gasteiger partial charge in [-0.25, -0.2) is 8.42 Å². The normalized spacial score (nSPS) is 10.9. The van der Waals surface area contributed by atoms with Gasteiger partial charge in [-0.3, -0.25) is 19.2 Å². The minimum atomic E-state index is -4.10. The van der Waals surface area contributed by atoms with Crippen molar-refractivity contribution >= 4 is 33.0 Å². The maximum absolute atomic E-state index is 13.3. The maximum Gasteiger partial charge on any atom is 0.292 e. The lowest BCUT2D eigenvalue weighted by Crippen LogP contribution is -2.38. The highest BCUT2D eigenvalue weighted by atomic mass is 32.2. The molecule has 32 heavy (non-hydrogen) atoms. The third kappa shape index (κ3) is 5.22. The highest BCUT2D eigenvalue weighted by molar-refractivity contribution is 7.92. The van der Waals surface area contributed by atoms with Gasteiger partial charge in [0.15, 0.2) is 0 Å². The van der Waals surface area contributed by atoms with Gasteiger partial charge < -0.3 is 10.1 Å². The summed E-state index contributed by atoms with van der Waals surface area (Å²) < 4.78 is 33.0. The van der Waals surface area contributed by atoms with Crippen molar-refractivity contribution < 1.29 is 22.9 Å². The Kier molecular flexibility index (Phi) is 7.06. The summed E-state index contributed by atoms with van der Waals surface area (Å²) >= 11 is 0. The second kappa shape index (κ2) is 9.92. The van der Waals surface area contributed by atoms with Crippen LogP contribution >= 0.6 is 0 Å². The average molecular weight is 455 g/mol. The molecule has 0 radical (unpaired) electrons. The van der Waals surface area contributed by atoms with Gasteiger partial charge in [-0.2, -0.15) is 0 Å². The summed E-state index contributed by atoms with van der Waals surface area (Å²) in [5, 5.41) is 13.6. The van der Waals surface area contributed by atoms with Gasteiger partial charge in [0.1, 0.15) is 18.0 Å². The summed E-state index contributed by atoms with van der Waals surface area (Å²) in [6.07, 6.45) is 0. The fourth-order valence-electron chi connectivity index (χ4n) is 2.97. The maximum atomic E-state index is 13.3. The van der Waals surface area contributed by atoms with E-state index in [4.69, 9.17) is 4.74 Å². The first-order valence-electron chi connectivity index (χ1n) is 9.67. The van der Waals surface area contributed by atoms with E-state index in [0.717, 1.165) is 4.31 Å². The van der Waals surface area contributed by atoms with E-state index in [0.29, 0.717) is 12.4 Å².